The Morgan fingerprint density at radius 2 is 1.94 bits per heavy atom. The van der Waals surface area contributed by atoms with Crippen LogP contribution in [0.25, 0.3) is 11.5 Å². The molecule has 0 saturated carbocycles. The Morgan fingerprint density at radius 1 is 1.13 bits per heavy atom. The van der Waals surface area contributed by atoms with E-state index in [1.54, 1.807) is 0 Å². The van der Waals surface area contributed by atoms with Crippen LogP contribution in [0.15, 0.2) is 59.0 Å². The number of carbonyl (C=O) groups excluding carboxylic acids is 1. The second-order valence-electron chi connectivity index (χ2n) is 7.88. The van der Waals surface area contributed by atoms with Crippen LogP contribution in [0.2, 0.25) is 0 Å². The predicted molar refractivity (Wildman–Crippen MR) is 117 cm³/mol. The third-order valence-corrected chi connectivity index (χ3v) is 5.33. The SMILES string of the molecule is Cc1ccc(-c2nnc(CCC(=O)NCC3CN(Cc4ccccc4)CCO3)o2)cc1. The largest absolute Gasteiger partial charge is 0.421 e. The minimum absolute atomic E-state index is 0.00189. The molecule has 0 radical (unpaired) electrons. The van der Waals surface area contributed by atoms with E-state index >= 15 is 0 Å². The number of aromatic nitrogens is 2. The maximum atomic E-state index is 12.3. The van der Waals surface area contributed by atoms with Gasteiger partial charge in [0.1, 0.15) is 0 Å². The van der Waals surface area contributed by atoms with Crippen LogP contribution in [0.1, 0.15) is 23.4 Å². The quantitative estimate of drug-likeness (QED) is 0.603. The maximum Gasteiger partial charge on any atom is 0.247 e. The standard InChI is InChI=1S/C24H28N4O3/c1-18-7-9-20(10-8-18)24-27-26-23(31-24)12-11-22(29)25-15-21-17-28(13-14-30-21)16-19-5-3-2-4-6-19/h2-10,21H,11-17H2,1H3,(H,25,29). The number of carbonyl (C=O) groups is 1. The normalized spacial score (nSPS) is 16.9. The average Bonchev–Trinajstić information content (AvgIpc) is 3.27. The summed E-state index contributed by atoms with van der Waals surface area (Å²) < 4.78 is 11.5. The van der Waals surface area contributed by atoms with E-state index in [2.05, 4.69) is 44.7 Å². The molecule has 1 unspecified atom stereocenters. The van der Waals surface area contributed by atoms with Crippen molar-refractivity contribution >= 4 is 5.91 Å². The van der Waals surface area contributed by atoms with Gasteiger partial charge in [-0.2, -0.15) is 0 Å². The molecule has 1 amide bonds. The van der Waals surface area contributed by atoms with Gasteiger partial charge in [0.2, 0.25) is 17.7 Å². The molecule has 0 spiro atoms. The van der Waals surface area contributed by atoms with Crippen LogP contribution >= 0.6 is 0 Å². The van der Waals surface area contributed by atoms with Crippen LogP contribution < -0.4 is 5.32 Å². The molecule has 162 valence electrons. The molecule has 1 aromatic heterocycles. The Kier molecular flexibility index (Phi) is 7.07. The second kappa shape index (κ2) is 10.3. The summed E-state index contributed by atoms with van der Waals surface area (Å²) in [4.78, 5) is 14.6. The molecule has 4 rings (SSSR count). The van der Waals surface area contributed by atoms with E-state index in [4.69, 9.17) is 9.15 Å². The van der Waals surface area contributed by atoms with Gasteiger partial charge >= 0.3 is 0 Å². The molecule has 0 aliphatic carbocycles. The summed E-state index contributed by atoms with van der Waals surface area (Å²) in [6, 6.07) is 18.3. The molecule has 1 aliphatic rings. The Morgan fingerprint density at radius 3 is 2.74 bits per heavy atom. The van der Waals surface area contributed by atoms with E-state index in [-0.39, 0.29) is 12.0 Å². The number of hydrogen-bond acceptors (Lipinski definition) is 6. The fourth-order valence-corrected chi connectivity index (χ4v) is 3.59. The molecule has 3 aromatic rings. The number of morpholine rings is 1. The van der Waals surface area contributed by atoms with E-state index in [0.717, 1.165) is 25.2 Å². The van der Waals surface area contributed by atoms with Gasteiger partial charge in [-0.25, -0.2) is 0 Å². The van der Waals surface area contributed by atoms with Crippen molar-refractivity contribution in [1.29, 1.82) is 0 Å². The lowest BCUT2D eigenvalue weighted by Crippen LogP contribution is -2.47. The number of hydrogen-bond donors (Lipinski definition) is 1. The molecule has 1 atom stereocenters. The lowest BCUT2D eigenvalue weighted by atomic mass is 10.1. The van der Waals surface area contributed by atoms with Crippen molar-refractivity contribution in [3.63, 3.8) is 0 Å². The fraction of sp³-hybridized carbons (Fsp3) is 0.375. The van der Waals surface area contributed by atoms with Crippen molar-refractivity contribution in [3.05, 3.63) is 71.6 Å². The molecular formula is C24H28N4O3. The van der Waals surface area contributed by atoms with E-state index in [1.165, 1.54) is 11.1 Å². The van der Waals surface area contributed by atoms with Crippen LogP contribution in [-0.2, 0) is 22.5 Å². The molecule has 7 nitrogen and oxygen atoms in total. The Balaban J connectivity index is 1.19. The summed E-state index contributed by atoms with van der Waals surface area (Å²) in [7, 11) is 0. The first-order valence-corrected chi connectivity index (χ1v) is 10.7. The smallest absolute Gasteiger partial charge is 0.247 e. The lowest BCUT2D eigenvalue weighted by molar-refractivity contribution is -0.122. The number of benzene rings is 2. The Hall–Kier alpha value is -3.03. The summed E-state index contributed by atoms with van der Waals surface area (Å²) >= 11 is 0. The van der Waals surface area contributed by atoms with Gasteiger partial charge in [0, 0.05) is 44.6 Å². The van der Waals surface area contributed by atoms with Crippen LogP contribution in [0.3, 0.4) is 0 Å². The van der Waals surface area contributed by atoms with E-state index in [1.807, 2.05) is 37.3 Å². The van der Waals surface area contributed by atoms with Crippen molar-refractivity contribution in [1.82, 2.24) is 20.4 Å². The highest BCUT2D eigenvalue weighted by molar-refractivity contribution is 5.76. The highest BCUT2D eigenvalue weighted by atomic mass is 16.5. The van der Waals surface area contributed by atoms with Crippen molar-refractivity contribution in [3.8, 4) is 11.5 Å². The minimum atomic E-state index is -0.0427. The Labute approximate surface area is 182 Å². The van der Waals surface area contributed by atoms with E-state index in [9.17, 15) is 4.79 Å². The van der Waals surface area contributed by atoms with Gasteiger partial charge in [0.05, 0.1) is 12.7 Å². The van der Waals surface area contributed by atoms with Crippen LogP contribution in [-0.4, -0.2) is 53.3 Å². The highest BCUT2D eigenvalue weighted by Crippen LogP contribution is 2.18. The van der Waals surface area contributed by atoms with Crippen molar-refractivity contribution in [2.24, 2.45) is 0 Å². The number of nitrogens with zero attached hydrogens (tertiary/aromatic N) is 3. The third-order valence-electron chi connectivity index (χ3n) is 5.33. The summed E-state index contributed by atoms with van der Waals surface area (Å²) in [5.41, 5.74) is 3.34. The van der Waals surface area contributed by atoms with Crippen molar-refractivity contribution < 1.29 is 13.9 Å². The highest BCUT2D eigenvalue weighted by Gasteiger charge is 2.21. The minimum Gasteiger partial charge on any atom is -0.421 e. The lowest BCUT2D eigenvalue weighted by Gasteiger charge is -2.33. The second-order valence-corrected chi connectivity index (χ2v) is 7.88. The number of rotatable bonds is 8. The molecule has 2 heterocycles. The molecule has 1 aliphatic heterocycles. The molecule has 0 bridgehead atoms. The molecule has 1 N–H and O–H groups in total. The van der Waals surface area contributed by atoms with Gasteiger partial charge in [-0.05, 0) is 24.6 Å². The average molecular weight is 421 g/mol. The number of nitrogens with one attached hydrogen (secondary N) is 1. The van der Waals surface area contributed by atoms with Gasteiger partial charge in [0.25, 0.3) is 0 Å². The van der Waals surface area contributed by atoms with Gasteiger partial charge in [-0.1, -0.05) is 48.0 Å². The zero-order valence-corrected chi connectivity index (χ0v) is 17.8. The monoisotopic (exact) mass is 420 g/mol. The zero-order valence-electron chi connectivity index (χ0n) is 17.8. The molecule has 1 saturated heterocycles. The number of amides is 1. The molecule has 31 heavy (non-hydrogen) atoms. The van der Waals surface area contributed by atoms with E-state index < -0.39 is 0 Å². The van der Waals surface area contributed by atoms with Gasteiger partial charge in [-0.15, -0.1) is 10.2 Å². The zero-order chi connectivity index (χ0) is 21.5. The van der Waals surface area contributed by atoms with Crippen molar-refractivity contribution in [2.45, 2.75) is 32.4 Å². The predicted octanol–water partition coefficient (Wildman–Crippen LogP) is 2.99. The first-order chi connectivity index (χ1) is 15.2. The Bertz CT molecular complexity index is 972. The van der Waals surface area contributed by atoms with E-state index in [0.29, 0.717) is 37.8 Å². The maximum absolute atomic E-state index is 12.3. The molecule has 1 fully saturated rings. The number of ether oxygens (including phenoxy) is 1. The van der Waals surface area contributed by atoms with Crippen LogP contribution in [0.4, 0.5) is 0 Å². The van der Waals surface area contributed by atoms with Gasteiger partial charge in [-0.3, -0.25) is 9.69 Å². The topological polar surface area (TPSA) is 80.5 Å². The first-order valence-electron chi connectivity index (χ1n) is 10.7. The third kappa shape index (κ3) is 6.23. The summed E-state index contributed by atoms with van der Waals surface area (Å²) in [6.45, 7) is 5.81. The first kappa shape index (κ1) is 21.2. The summed E-state index contributed by atoms with van der Waals surface area (Å²) in [5, 5.41) is 11.1. The fourth-order valence-electron chi connectivity index (χ4n) is 3.59. The summed E-state index contributed by atoms with van der Waals surface area (Å²) in [5.74, 6) is 0.900. The number of aryl methyl sites for hydroxylation is 2. The van der Waals surface area contributed by atoms with Crippen molar-refractivity contribution in [2.75, 3.05) is 26.2 Å². The van der Waals surface area contributed by atoms with Gasteiger partial charge in [0.15, 0.2) is 0 Å². The molecule has 2 aromatic carbocycles. The van der Waals surface area contributed by atoms with Crippen LogP contribution in [0.5, 0.6) is 0 Å². The van der Waals surface area contributed by atoms with Gasteiger partial charge < -0.3 is 14.5 Å². The summed E-state index contributed by atoms with van der Waals surface area (Å²) in [6.07, 6.45) is 0.713. The molecular weight excluding hydrogens is 392 g/mol. The molecule has 7 heteroatoms. The van der Waals surface area contributed by atoms with Crippen LogP contribution in [0, 0.1) is 6.92 Å².